The fourth-order valence-corrected chi connectivity index (χ4v) is 4.88. The molecular weight excluding hydrogens is 607 g/mol. The Hall–Kier alpha value is -1.66. The van der Waals surface area contributed by atoms with Crippen LogP contribution in [0.25, 0.3) is 11.1 Å². The van der Waals surface area contributed by atoms with Crippen molar-refractivity contribution < 1.29 is 49.0 Å². The van der Waals surface area contributed by atoms with Crippen LogP contribution in [0, 0.1) is 6.07 Å². The molecule has 4 aromatic carbocycles. The van der Waals surface area contributed by atoms with E-state index in [-0.39, 0.29) is 35.6 Å². The van der Waals surface area contributed by atoms with Crippen molar-refractivity contribution in [1.29, 1.82) is 0 Å². The van der Waals surface area contributed by atoms with Gasteiger partial charge in [-0.15, -0.1) is 5.56 Å². The molecule has 3 heteroatoms. The summed E-state index contributed by atoms with van der Waals surface area (Å²) in [5.74, 6) is 0. The van der Waals surface area contributed by atoms with Crippen molar-refractivity contribution in [2.75, 3.05) is 0 Å². The number of rotatable bonds is 1. The Labute approximate surface area is 271 Å². The Balaban J connectivity index is 0.000000350. The van der Waals surface area contributed by atoms with Crippen molar-refractivity contribution in [2.24, 2.45) is 0 Å². The van der Waals surface area contributed by atoms with Crippen LogP contribution in [0.3, 0.4) is 0 Å². The fraction of sp³-hybridized carbons (Fsp3) is 0.351. The second kappa shape index (κ2) is 15.0. The third-order valence-electron chi connectivity index (χ3n) is 7.02. The van der Waals surface area contributed by atoms with Crippen LogP contribution in [0.5, 0.6) is 0 Å². The van der Waals surface area contributed by atoms with Crippen LogP contribution in [0.4, 0.5) is 0 Å². The van der Waals surface area contributed by atoms with E-state index in [1.54, 1.807) is 0 Å². The minimum absolute atomic E-state index is 0. The number of fused-ring (bicyclic) bond motifs is 3. The van der Waals surface area contributed by atoms with E-state index in [4.69, 9.17) is 0 Å². The van der Waals surface area contributed by atoms with E-state index in [2.05, 4.69) is 151 Å². The predicted octanol–water partition coefficient (Wildman–Crippen LogP) is 3.75. The van der Waals surface area contributed by atoms with Gasteiger partial charge < -0.3 is 24.8 Å². The van der Waals surface area contributed by atoms with E-state index in [0.717, 1.165) is 6.42 Å². The zero-order chi connectivity index (χ0) is 28.1. The molecule has 40 heavy (non-hydrogen) atoms. The molecule has 0 nitrogen and oxygen atoms in total. The quantitative estimate of drug-likeness (QED) is 0.243. The molecule has 0 aliphatic heterocycles. The van der Waals surface area contributed by atoms with Crippen LogP contribution < -0.4 is 24.8 Å². The third-order valence-corrected chi connectivity index (χ3v) is 7.84. The topological polar surface area (TPSA) is 0 Å². The standard InChI is InChI=1S/C21H25.C9H13.C7H6.2ClH.Zr/c1-20(2,3)16-9-7-14-11-15-8-10-17(21(4,5)6)13-19(15)18(14)12-16;1-9(2,3)8-6-4-5-7-8;1-7-5-3-2-4-6-7;;;/h7,9-10,12-13H,11H2,1-6H3;4-7H,1-3H3;1-6H;2*1H;/q2*-1;;;;+2/p-2. The molecule has 0 saturated carbocycles. The fourth-order valence-electron chi connectivity index (χ4n) is 4.41. The van der Waals surface area contributed by atoms with Gasteiger partial charge in [0.05, 0.1) is 0 Å². The molecule has 212 valence electrons. The molecule has 1 aliphatic carbocycles. The molecule has 0 N–H and O–H groups in total. The van der Waals surface area contributed by atoms with Gasteiger partial charge in [-0.25, -0.2) is 6.07 Å². The second-order valence-corrected chi connectivity index (χ2v) is 14.0. The van der Waals surface area contributed by atoms with Gasteiger partial charge in [-0.3, -0.25) is 0 Å². The van der Waals surface area contributed by atoms with Crippen LogP contribution in [-0.4, -0.2) is 3.71 Å². The van der Waals surface area contributed by atoms with Crippen molar-refractivity contribution in [2.45, 2.75) is 85.0 Å². The Bertz CT molecular complexity index is 1270. The van der Waals surface area contributed by atoms with E-state index >= 15 is 0 Å². The van der Waals surface area contributed by atoms with Gasteiger partial charge >= 0.3 is 63.8 Å². The molecule has 5 rings (SSSR count). The van der Waals surface area contributed by atoms with Crippen molar-refractivity contribution in [3.8, 4) is 11.1 Å². The van der Waals surface area contributed by atoms with Crippen LogP contribution in [0.2, 0.25) is 0 Å². The molecule has 0 heterocycles. The van der Waals surface area contributed by atoms with E-state index in [1.807, 2.05) is 6.07 Å². The van der Waals surface area contributed by atoms with Gasteiger partial charge in [0.25, 0.3) is 0 Å². The summed E-state index contributed by atoms with van der Waals surface area (Å²) in [6, 6.07) is 33.9. The first-order valence-electron chi connectivity index (χ1n) is 13.7. The Morgan fingerprint density at radius 3 is 1.73 bits per heavy atom. The molecule has 0 fully saturated rings. The van der Waals surface area contributed by atoms with Gasteiger partial charge in [0, 0.05) is 0 Å². The first-order valence-corrected chi connectivity index (χ1v) is 15.1. The number of halogens is 2. The summed E-state index contributed by atoms with van der Waals surface area (Å²) >= 11 is 1.46. The zero-order valence-corrected chi connectivity index (χ0v) is 29.6. The van der Waals surface area contributed by atoms with Gasteiger partial charge in [-0.1, -0.05) is 102 Å². The van der Waals surface area contributed by atoms with Crippen molar-refractivity contribution >= 4 is 3.71 Å². The van der Waals surface area contributed by atoms with Gasteiger partial charge in [0.15, 0.2) is 0 Å². The Morgan fingerprint density at radius 1 is 0.700 bits per heavy atom. The Morgan fingerprint density at radius 2 is 1.27 bits per heavy atom. The molecule has 0 amide bonds. The zero-order valence-electron chi connectivity index (χ0n) is 25.6. The molecule has 0 saturated heterocycles. The summed E-state index contributed by atoms with van der Waals surface area (Å²) in [6.07, 6.45) is 1.03. The van der Waals surface area contributed by atoms with E-state index in [0.29, 0.717) is 5.41 Å². The average molecular weight is 651 g/mol. The predicted molar refractivity (Wildman–Crippen MR) is 163 cm³/mol. The summed E-state index contributed by atoms with van der Waals surface area (Å²) in [5.41, 5.74) is 11.8. The SMILES string of the molecule is CC(C)(C)c1c[c-]c2c(c1)-c1cc(C(C)(C)C)ccc1C2.CC(C)(C)c1cc[cH-]c1.[Cl-].[Cl-].[Zr+2]=[CH]c1ccccc1. The molecule has 0 spiro atoms. The second-order valence-electron chi connectivity index (χ2n) is 13.3. The van der Waals surface area contributed by atoms with E-state index in [1.165, 1.54) is 68.7 Å². The molecule has 0 bridgehead atoms. The Kier molecular flexibility index (Phi) is 13.6. The molecule has 0 radical (unpaired) electrons. The van der Waals surface area contributed by atoms with Crippen LogP contribution in [0.15, 0.2) is 84.9 Å². The van der Waals surface area contributed by atoms with Crippen LogP contribution >= 0.6 is 0 Å². The molecular formula is C37H44Cl2Zr-2. The van der Waals surface area contributed by atoms with Crippen molar-refractivity contribution in [3.63, 3.8) is 0 Å². The first kappa shape index (κ1) is 36.4. The van der Waals surface area contributed by atoms with Crippen LogP contribution in [0.1, 0.15) is 95.7 Å². The van der Waals surface area contributed by atoms with E-state index < -0.39 is 0 Å². The number of hydrogen-bond acceptors (Lipinski definition) is 0. The van der Waals surface area contributed by atoms with Crippen molar-refractivity contribution in [3.05, 3.63) is 124 Å². The maximum absolute atomic E-state index is 3.53. The van der Waals surface area contributed by atoms with Gasteiger partial charge in [-0.2, -0.15) is 53.1 Å². The normalized spacial score (nSPS) is 11.8. The molecule has 4 aromatic rings. The molecule has 0 unspecified atom stereocenters. The summed E-state index contributed by atoms with van der Waals surface area (Å²) in [4.78, 5) is 0. The summed E-state index contributed by atoms with van der Waals surface area (Å²) in [7, 11) is 0. The monoisotopic (exact) mass is 648 g/mol. The first-order chi connectivity index (χ1) is 17.7. The van der Waals surface area contributed by atoms with Gasteiger partial charge in [-0.05, 0) is 17.4 Å². The van der Waals surface area contributed by atoms with Gasteiger partial charge in [0.1, 0.15) is 0 Å². The van der Waals surface area contributed by atoms with Crippen LogP contribution in [-0.2, 0) is 46.9 Å². The van der Waals surface area contributed by atoms with E-state index in [9.17, 15) is 0 Å². The summed E-state index contributed by atoms with van der Waals surface area (Å²) in [5, 5.41) is 0. The summed E-state index contributed by atoms with van der Waals surface area (Å²) < 4.78 is 2.17. The van der Waals surface area contributed by atoms with Crippen molar-refractivity contribution in [1.82, 2.24) is 0 Å². The molecule has 0 atom stereocenters. The molecule has 0 aromatic heterocycles. The third kappa shape index (κ3) is 10.0. The average Bonchev–Trinajstić information content (AvgIpc) is 3.52. The number of hydrogen-bond donors (Lipinski definition) is 0. The molecule has 1 aliphatic rings. The van der Waals surface area contributed by atoms with Gasteiger partial charge in [0.2, 0.25) is 0 Å². The maximum atomic E-state index is 3.53. The summed E-state index contributed by atoms with van der Waals surface area (Å²) in [6.45, 7) is 20.3. The minimum atomic E-state index is 0. The number of benzene rings is 3.